The Bertz CT molecular complexity index is 266. The molecule has 0 aromatic rings. The number of carbonyl (C=O) groups excluding carboxylic acids is 2. The van der Waals surface area contributed by atoms with Gasteiger partial charge in [-0.3, -0.25) is 9.59 Å². The molecule has 0 amide bonds. The van der Waals surface area contributed by atoms with Crippen molar-refractivity contribution in [2.75, 3.05) is 14.2 Å². The summed E-state index contributed by atoms with van der Waals surface area (Å²) in [6.07, 6.45) is 3.69. The molecule has 0 aromatic carbocycles. The third kappa shape index (κ3) is 1.64. The molecular formula is C11H16O4. The molecule has 4 nitrogen and oxygen atoms in total. The van der Waals surface area contributed by atoms with Gasteiger partial charge in [0.15, 0.2) is 5.41 Å². The summed E-state index contributed by atoms with van der Waals surface area (Å²) in [6.45, 7) is 3.66. The summed E-state index contributed by atoms with van der Waals surface area (Å²) in [5.41, 5.74) is -1.16. The number of ether oxygens (including phenoxy) is 2. The molecule has 0 heterocycles. The van der Waals surface area contributed by atoms with Crippen LogP contribution in [0.2, 0.25) is 0 Å². The van der Waals surface area contributed by atoms with Gasteiger partial charge < -0.3 is 9.47 Å². The van der Waals surface area contributed by atoms with Crippen LogP contribution < -0.4 is 0 Å². The molecule has 0 radical (unpaired) electrons. The Hall–Kier alpha value is -1.32. The fourth-order valence-corrected chi connectivity index (χ4v) is 2.31. The summed E-state index contributed by atoms with van der Waals surface area (Å²) in [6, 6.07) is 0. The molecule has 1 rings (SSSR count). The van der Waals surface area contributed by atoms with Crippen LogP contribution in [0.4, 0.5) is 0 Å². The van der Waals surface area contributed by atoms with E-state index in [1.165, 1.54) is 14.2 Å². The molecule has 1 aliphatic rings. The van der Waals surface area contributed by atoms with Crippen LogP contribution in [0.5, 0.6) is 0 Å². The molecule has 0 spiro atoms. The van der Waals surface area contributed by atoms with E-state index in [4.69, 9.17) is 9.47 Å². The first kappa shape index (κ1) is 11.8. The normalized spacial score (nSPS) is 23.2. The van der Waals surface area contributed by atoms with Crippen molar-refractivity contribution in [1.82, 2.24) is 0 Å². The number of hydrogen-bond acceptors (Lipinski definition) is 4. The van der Waals surface area contributed by atoms with E-state index >= 15 is 0 Å². The maximum atomic E-state index is 11.7. The number of allylic oxidation sites excluding steroid dienone is 1. The Balaban J connectivity index is 3.10. The number of rotatable bonds is 3. The molecule has 1 atom stereocenters. The fourth-order valence-electron chi connectivity index (χ4n) is 2.31. The number of hydrogen-bond donors (Lipinski definition) is 0. The summed E-state index contributed by atoms with van der Waals surface area (Å²) in [5, 5.41) is 0. The predicted molar refractivity (Wildman–Crippen MR) is 54.0 cm³/mol. The molecule has 1 saturated carbocycles. The Labute approximate surface area is 89.2 Å². The van der Waals surface area contributed by atoms with Crippen molar-refractivity contribution in [3.05, 3.63) is 12.7 Å². The minimum atomic E-state index is -1.16. The van der Waals surface area contributed by atoms with Gasteiger partial charge in [0.25, 0.3) is 0 Å². The first-order valence-electron chi connectivity index (χ1n) is 4.93. The molecule has 0 N–H and O–H groups in total. The van der Waals surface area contributed by atoms with Gasteiger partial charge in [0.05, 0.1) is 14.2 Å². The molecule has 1 aliphatic carbocycles. The lowest BCUT2D eigenvalue weighted by Gasteiger charge is -2.27. The highest BCUT2D eigenvalue weighted by atomic mass is 16.5. The highest BCUT2D eigenvalue weighted by molar-refractivity contribution is 6.01. The van der Waals surface area contributed by atoms with Crippen LogP contribution >= 0.6 is 0 Å². The largest absolute Gasteiger partial charge is 0.468 e. The minimum absolute atomic E-state index is 0.183. The van der Waals surface area contributed by atoms with E-state index < -0.39 is 17.4 Å². The first-order chi connectivity index (χ1) is 7.13. The Morgan fingerprint density at radius 2 is 1.87 bits per heavy atom. The second-order valence-electron chi connectivity index (χ2n) is 3.69. The van der Waals surface area contributed by atoms with Crippen LogP contribution in [0.15, 0.2) is 12.7 Å². The van der Waals surface area contributed by atoms with Gasteiger partial charge >= 0.3 is 11.9 Å². The quantitative estimate of drug-likeness (QED) is 0.402. The molecule has 1 fully saturated rings. The number of methoxy groups -OCH3 is 2. The third-order valence-electron chi connectivity index (χ3n) is 3.10. The van der Waals surface area contributed by atoms with Gasteiger partial charge in [-0.15, -0.1) is 6.58 Å². The second-order valence-corrected chi connectivity index (χ2v) is 3.69. The summed E-state index contributed by atoms with van der Waals surface area (Å²) < 4.78 is 9.41. The van der Waals surface area contributed by atoms with Crippen molar-refractivity contribution in [2.24, 2.45) is 11.3 Å². The molecule has 84 valence electrons. The third-order valence-corrected chi connectivity index (χ3v) is 3.10. The SMILES string of the molecule is C=CC1CCCC1(C(=O)OC)C(=O)OC. The highest BCUT2D eigenvalue weighted by Gasteiger charge is 2.55. The second kappa shape index (κ2) is 4.47. The van der Waals surface area contributed by atoms with E-state index in [1.54, 1.807) is 6.08 Å². The van der Waals surface area contributed by atoms with Gasteiger partial charge in [-0.2, -0.15) is 0 Å². The smallest absolute Gasteiger partial charge is 0.323 e. The van der Waals surface area contributed by atoms with Crippen molar-refractivity contribution in [3.63, 3.8) is 0 Å². The Kier molecular flexibility index (Phi) is 3.50. The topological polar surface area (TPSA) is 52.6 Å². The maximum absolute atomic E-state index is 11.7. The van der Waals surface area contributed by atoms with Crippen molar-refractivity contribution in [3.8, 4) is 0 Å². The van der Waals surface area contributed by atoms with Gasteiger partial charge in [-0.25, -0.2) is 0 Å². The number of esters is 2. The summed E-state index contributed by atoms with van der Waals surface area (Å²) in [4.78, 5) is 23.5. The van der Waals surface area contributed by atoms with E-state index in [0.717, 1.165) is 12.8 Å². The molecule has 4 heteroatoms. The van der Waals surface area contributed by atoms with E-state index in [2.05, 4.69) is 6.58 Å². The average Bonchev–Trinajstić information content (AvgIpc) is 2.71. The monoisotopic (exact) mass is 212 g/mol. The lowest BCUT2D eigenvalue weighted by Crippen LogP contribution is -2.43. The van der Waals surface area contributed by atoms with Crippen molar-refractivity contribution < 1.29 is 19.1 Å². The van der Waals surface area contributed by atoms with Crippen LogP contribution in [-0.4, -0.2) is 26.2 Å². The number of carbonyl (C=O) groups is 2. The predicted octanol–water partition coefficient (Wildman–Crippen LogP) is 1.30. The zero-order valence-corrected chi connectivity index (χ0v) is 9.12. The fraction of sp³-hybridized carbons (Fsp3) is 0.636. The zero-order valence-electron chi connectivity index (χ0n) is 9.12. The summed E-state index contributed by atoms with van der Waals surface area (Å²) in [7, 11) is 2.57. The summed E-state index contributed by atoms with van der Waals surface area (Å²) >= 11 is 0. The first-order valence-corrected chi connectivity index (χ1v) is 4.93. The van der Waals surface area contributed by atoms with E-state index in [-0.39, 0.29) is 5.92 Å². The standard InChI is InChI=1S/C11H16O4/c1-4-8-6-5-7-11(8,9(12)14-2)10(13)15-3/h4,8H,1,5-7H2,2-3H3. The molecular weight excluding hydrogens is 196 g/mol. The Morgan fingerprint density at radius 3 is 2.27 bits per heavy atom. The average molecular weight is 212 g/mol. The molecule has 0 saturated heterocycles. The molecule has 0 aliphatic heterocycles. The van der Waals surface area contributed by atoms with E-state index in [9.17, 15) is 9.59 Å². The van der Waals surface area contributed by atoms with Crippen LogP contribution in [0.25, 0.3) is 0 Å². The van der Waals surface area contributed by atoms with Crippen molar-refractivity contribution >= 4 is 11.9 Å². The molecule has 0 bridgehead atoms. The van der Waals surface area contributed by atoms with Gasteiger partial charge in [0, 0.05) is 5.92 Å². The van der Waals surface area contributed by atoms with E-state index in [0.29, 0.717) is 6.42 Å². The van der Waals surface area contributed by atoms with Gasteiger partial charge in [-0.1, -0.05) is 12.5 Å². The zero-order chi connectivity index (χ0) is 11.5. The van der Waals surface area contributed by atoms with Crippen LogP contribution in [0, 0.1) is 11.3 Å². The molecule has 1 unspecified atom stereocenters. The minimum Gasteiger partial charge on any atom is -0.468 e. The van der Waals surface area contributed by atoms with Gasteiger partial charge in [0.1, 0.15) is 0 Å². The van der Waals surface area contributed by atoms with Crippen LogP contribution in [0.1, 0.15) is 19.3 Å². The molecule has 15 heavy (non-hydrogen) atoms. The van der Waals surface area contributed by atoms with Crippen molar-refractivity contribution in [1.29, 1.82) is 0 Å². The Morgan fingerprint density at radius 1 is 1.33 bits per heavy atom. The van der Waals surface area contributed by atoms with Crippen LogP contribution in [0.3, 0.4) is 0 Å². The van der Waals surface area contributed by atoms with Crippen LogP contribution in [-0.2, 0) is 19.1 Å². The van der Waals surface area contributed by atoms with Gasteiger partial charge in [0.2, 0.25) is 0 Å². The lowest BCUT2D eigenvalue weighted by molar-refractivity contribution is -0.170. The molecule has 0 aromatic heterocycles. The highest BCUT2D eigenvalue weighted by Crippen LogP contribution is 2.45. The van der Waals surface area contributed by atoms with E-state index in [1.807, 2.05) is 0 Å². The summed E-state index contributed by atoms with van der Waals surface area (Å²) in [5.74, 6) is -1.22. The van der Waals surface area contributed by atoms with Crippen molar-refractivity contribution in [2.45, 2.75) is 19.3 Å². The lowest BCUT2D eigenvalue weighted by atomic mass is 9.78. The van der Waals surface area contributed by atoms with Gasteiger partial charge in [-0.05, 0) is 12.8 Å². The maximum Gasteiger partial charge on any atom is 0.323 e.